The third-order valence-corrected chi connectivity index (χ3v) is 4.59. The number of ether oxygens (including phenoxy) is 1. The third kappa shape index (κ3) is 2.18. The van der Waals surface area contributed by atoms with Crippen molar-refractivity contribution < 1.29 is 9.53 Å². The van der Waals surface area contributed by atoms with Crippen molar-refractivity contribution in [2.75, 3.05) is 18.7 Å². The Bertz CT molecular complexity index is 757. The molecule has 4 nitrogen and oxygen atoms in total. The van der Waals surface area contributed by atoms with Gasteiger partial charge in [-0.2, -0.15) is 0 Å². The van der Waals surface area contributed by atoms with Crippen molar-refractivity contribution in [3.8, 4) is 0 Å². The maximum Gasteiger partial charge on any atom is 0.313 e. The average Bonchev–Trinajstić information content (AvgIpc) is 3.02. The highest BCUT2D eigenvalue weighted by atomic mass is 16.5. The smallest absolute Gasteiger partial charge is 0.313 e. The van der Waals surface area contributed by atoms with Crippen LogP contribution in [0.1, 0.15) is 17.2 Å². The van der Waals surface area contributed by atoms with Gasteiger partial charge in [0, 0.05) is 6.20 Å². The number of anilines is 1. The highest BCUT2D eigenvalue weighted by molar-refractivity contribution is 5.77. The Morgan fingerprint density at radius 3 is 2.61 bits per heavy atom. The molecule has 0 saturated carbocycles. The van der Waals surface area contributed by atoms with Crippen LogP contribution in [0.5, 0.6) is 0 Å². The van der Waals surface area contributed by atoms with Gasteiger partial charge in [0.25, 0.3) is 0 Å². The van der Waals surface area contributed by atoms with Crippen molar-refractivity contribution in [1.82, 2.24) is 5.01 Å². The van der Waals surface area contributed by atoms with Gasteiger partial charge in [-0.05, 0) is 29.3 Å². The van der Waals surface area contributed by atoms with E-state index in [1.807, 2.05) is 30.3 Å². The van der Waals surface area contributed by atoms with Crippen molar-refractivity contribution in [2.45, 2.75) is 6.04 Å². The van der Waals surface area contributed by atoms with E-state index in [2.05, 4.69) is 46.6 Å². The molecule has 0 spiro atoms. The summed E-state index contributed by atoms with van der Waals surface area (Å²) in [4.78, 5) is 12.4. The lowest BCUT2D eigenvalue weighted by molar-refractivity contribution is -0.145. The van der Waals surface area contributed by atoms with Crippen LogP contribution >= 0.6 is 0 Å². The van der Waals surface area contributed by atoms with Crippen LogP contribution in [0.2, 0.25) is 0 Å². The number of rotatable bonds is 2. The van der Waals surface area contributed by atoms with Crippen LogP contribution in [0.4, 0.5) is 5.69 Å². The number of carbonyl (C=O) groups is 1. The van der Waals surface area contributed by atoms with Gasteiger partial charge in [-0.3, -0.25) is 14.8 Å². The molecular weight excluding hydrogens is 288 g/mol. The minimum atomic E-state index is -0.216. The highest BCUT2D eigenvalue weighted by Gasteiger charge is 2.45. The van der Waals surface area contributed by atoms with Crippen LogP contribution < -0.4 is 5.01 Å². The van der Waals surface area contributed by atoms with Gasteiger partial charge in [-0.1, -0.05) is 42.5 Å². The molecule has 0 N–H and O–H groups in total. The van der Waals surface area contributed by atoms with Crippen molar-refractivity contribution in [1.29, 1.82) is 0 Å². The molecule has 2 atom stereocenters. The SMILES string of the molecule is COC(=O)[C@H]1CN(c2ccccc2)N2C=Cc3ccccc3[C@H]12. The summed E-state index contributed by atoms with van der Waals surface area (Å²) in [6.45, 7) is 0.611. The van der Waals surface area contributed by atoms with Gasteiger partial charge in [-0.15, -0.1) is 0 Å². The number of hydrogen-bond acceptors (Lipinski definition) is 4. The predicted molar refractivity (Wildman–Crippen MR) is 89.4 cm³/mol. The molecule has 0 aromatic heterocycles. The molecule has 2 aromatic rings. The lowest BCUT2D eigenvalue weighted by Crippen LogP contribution is -2.35. The summed E-state index contributed by atoms with van der Waals surface area (Å²) in [6.07, 6.45) is 4.16. The second-order valence-electron chi connectivity index (χ2n) is 5.82. The first kappa shape index (κ1) is 13.9. The van der Waals surface area contributed by atoms with Crippen LogP contribution in [-0.2, 0) is 9.53 Å². The minimum absolute atomic E-state index is 0.0242. The van der Waals surface area contributed by atoms with E-state index in [9.17, 15) is 4.79 Å². The number of nitrogens with zero attached hydrogens (tertiary/aromatic N) is 2. The molecule has 4 heteroatoms. The Kier molecular flexibility index (Phi) is 3.30. The first-order valence-electron chi connectivity index (χ1n) is 7.75. The molecule has 1 saturated heterocycles. The zero-order valence-corrected chi connectivity index (χ0v) is 12.9. The number of hydrazine groups is 1. The second kappa shape index (κ2) is 5.47. The van der Waals surface area contributed by atoms with E-state index in [1.165, 1.54) is 12.7 Å². The molecule has 0 aliphatic carbocycles. The summed E-state index contributed by atoms with van der Waals surface area (Å²) in [5, 5.41) is 4.30. The Morgan fingerprint density at radius 2 is 1.83 bits per heavy atom. The first-order chi connectivity index (χ1) is 11.3. The number of carbonyl (C=O) groups excluding carboxylic acids is 1. The predicted octanol–water partition coefficient (Wildman–Crippen LogP) is 3.24. The summed E-state index contributed by atoms with van der Waals surface area (Å²) in [5.74, 6) is -0.380. The Hall–Kier alpha value is -2.75. The minimum Gasteiger partial charge on any atom is -0.469 e. The quantitative estimate of drug-likeness (QED) is 0.798. The molecule has 0 amide bonds. The number of hydrogen-bond donors (Lipinski definition) is 0. The van der Waals surface area contributed by atoms with Gasteiger partial charge in [-0.25, -0.2) is 0 Å². The zero-order valence-electron chi connectivity index (χ0n) is 12.9. The van der Waals surface area contributed by atoms with Crippen molar-refractivity contribution in [2.24, 2.45) is 5.92 Å². The van der Waals surface area contributed by atoms with E-state index in [1.54, 1.807) is 0 Å². The summed E-state index contributed by atoms with van der Waals surface area (Å²) in [6, 6.07) is 18.3. The van der Waals surface area contributed by atoms with E-state index < -0.39 is 0 Å². The van der Waals surface area contributed by atoms with Crippen LogP contribution in [0.25, 0.3) is 6.08 Å². The lowest BCUT2D eigenvalue weighted by Gasteiger charge is -2.36. The molecule has 2 aromatic carbocycles. The molecule has 2 aliphatic heterocycles. The van der Waals surface area contributed by atoms with Crippen LogP contribution in [0, 0.1) is 5.92 Å². The van der Waals surface area contributed by atoms with E-state index in [-0.39, 0.29) is 17.9 Å². The van der Waals surface area contributed by atoms with Gasteiger partial charge in [0.15, 0.2) is 0 Å². The van der Waals surface area contributed by atoms with Gasteiger partial charge in [0.2, 0.25) is 0 Å². The molecular formula is C19H18N2O2. The fourth-order valence-corrected chi connectivity index (χ4v) is 3.53. The van der Waals surface area contributed by atoms with Crippen LogP contribution in [-0.4, -0.2) is 24.6 Å². The maximum atomic E-state index is 12.4. The van der Waals surface area contributed by atoms with Crippen molar-refractivity contribution in [3.63, 3.8) is 0 Å². The van der Waals surface area contributed by atoms with E-state index in [4.69, 9.17) is 4.74 Å². The highest BCUT2D eigenvalue weighted by Crippen LogP contribution is 2.44. The van der Waals surface area contributed by atoms with Crippen molar-refractivity contribution >= 4 is 17.7 Å². The maximum absolute atomic E-state index is 12.4. The lowest BCUT2D eigenvalue weighted by atomic mass is 9.89. The third-order valence-electron chi connectivity index (χ3n) is 4.59. The number of methoxy groups -OCH3 is 1. The Labute approximate surface area is 135 Å². The molecule has 23 heavy (non-hydrogen) atoms. The topological polar surface area (TPSA) is 32.8 Å². The standard InChI is InChI=1S/C19H18N2O2/c1-23-19(22)17-13-21(15-8-3-2-4-9-15)20-12-11-14-7-5-6-10-16(14)18(17)20/h2-12,17-18H,13H2,1H3/t17-,18+/m0/s1. The molecule has 116 valence electrons. The number of fused-ring (bicyclic) bond motifs is 3. The van der Waals surface area contributed by atoms with Crippen molar-refractivity contribution in [3.05, 3.63) is 71.9 Å². The molecule has 0 bridgehead atoms. The van der Waals surface area contributed by atoms with Gasteiger partial charge < -0.3 is 4.74 Å². The summed E-state index contributed by atoms with van der Waals surface area (Å²) in [5.41, 5.74) is 3.41. The fourth-order valence-electron chi connectivity index (χ4n) is 3.53. The molecule has 0 radical (unpaired) electrons. The molecule has 4 rings (SSSR count). The van der Waals surface area contributed by atoms with Gasteiger partial charge in [0.05, 0.1) is 25.4 Å². The second-order valence-corrected chi connectivity index (χ2v) is 5.82. The van der Waals surface area contributed by atoms with Gasteiger partial charge >= 0.3 is 5.97 Å². The first-order valence-corrected chi connectivity index (χ1v) is 7.75. The van der Waals surface area contributed by atoms with Gasteiger partial charge in [0.1, 0.15) is 5.92 Å². The van der Waals surface area contributed by atoms with E-state index >= 15 is 0 Å². The summed E-state index contributed by atoms with van der Waals surface area (Å²) in [7, 11) is 1.46. The summed E-state index contributed by atoms with van der Waals surface area (Å²) >= 11 is 0. The van der Waals surface area contributed by atoms with Crippen LogP contribution in [0.15, 0.2) is 60.8 Å². The normalized spacial score (nSPS) is 21.8. The largest absolute Gasteiger partial charge is 0.469 e. The molecule has 2 aliphatic rings. The molecule has 2 heterocycles. The zero-order chi connectivity index (χ0) is 15.8. The monoisotopic (exact) mass is 306 g/mol. The Balaban J connectivity index is 1.80. The van der Waals surface area contributed by atoms with Crippen LogP contribution in [0.3, 0.4) is 0 Å². The Morgan fingerprint density at radius 1 is 1.09 bits per heavy atom. The van der Waals surface area contributed by atoms with E-state index in [0.29, 0.717) is 6.54 Å². The molecule has 1 fully saturated rings. The number of esters is 1. The van der Waals surface area contributed by atoms with E-state index in [0.717, 1.165) is 11.3 Å². The fraction of sp³-hybridized carbons (Fsp3) is 0.211. The molecule has 0 unspecified atom stereocenters. The number of benzene rings is 2. The number of para-hydroxylation sites is 1. The average molecular weight is 306 g/mol. The summed E-state index contributed by atoms with van der Waals surface area (Å²) < 4.78 is 5.07.